The maximum atomic E-state index is 12.1. The molecule has 0 spiro atoms. The lowest BCUT2D eigenvalue weighted by Gasteiger charge is -2.23. The molecule has 1 N–H and O–H groups in total. The molecule has 0 aliphatic carbocycles. The number of amides is 1. The summed E-state index contributed by atoms with van der Waals surface area (Å²) in [7, 11) is 1.26. The fourth-order valence-electron chi connectivity index (χ4n) is 2.43. The first-order valence-electron chi connectivity index (χ1n) is 6.77. The number of aliphatic hydroxyl groups is 1. The van der Waals surface area contributed by atoms with Gasteiger partial charge in [0.25, 0.3) is 0 Å². The molecule has 1 aromatic carbocycles. The number of likely N-dealkylation sites (tertiary alicyclic amines) is 1. The molecular weight excluding hydrogens is 274 g/mol. The van der Waals surface area contributed by atoms with Gasteiger partial charge in [-0.25, -0.2) is 9.59 Å². The number of aliphatic hydroxyl groups excluding tert-OH is 1. The van der Waals surface area contributed by atoms with E-state index in [9.17, 15) is 14.7 Å². The van der Waals surface area contributed by atoms with E-state index in [1.54, 1.807) is 6.92 Å². The summed E-state index contributed by atoms with van der Waals surface area (Å²) in [6.45, 7) is 1.89. The third-order valence-corrected chi connectivity index (χ3v) is 3.71. The zero-order valence-electron chi connectivity index (χ0n) is 12.1. The lowest BCUT2D eigenvalue weighted by atomic mass is 10.0. The minimum atomic E-state index is -0.812. The van der Waals surface area contributed by atoms with Crippen LogP contribution in [0.25, 0.3) is 0 Å². The van der Waals surface area contributed by atoms with Crippen molar-refractivity contribution in [2.45, 2.75) is 25.7 Å². The Morgan fingerprint density at radius 3 is 2.62 bits per heavy atom. The van der Waals surface area contributed by atoms with Crippen molar-refractivity contribution in [1.29, 1.82) is 0 Å². The molecule has 2 rings (SSSR count). The summed E-state index contributed by atoms with van der Waals surface area (Å²) in [5.41, 5.74) is 0.855. The van der Waals surface area contributed by atoms with E-state index in [0.717, 1.165) is 5.56 Å². The first-order valence-corrected chi connectivity index (χ1v) is 6.77. The van der Waals surface area contributed by atoms with Crippen molar-refractivity contribution in [1.82, 2.24) is 4.90 Å². The topological polar surface area (TPSA) is 76.1 Å². The SMILES string of the molecule is COC(=O)[C@@H]1[C@@H](C)[C@H](O)CN1C(=O)OCc1ccccc1. The molecule has 0 unspecified atom stereocenters. The zero-order chi connectivity index (χ0) is 15.4. The average Bonchev–Trinajstić information content (AvgIpc) is 2.81. The number of β-amino-alcohol motifs (C(OH)–C–C–N with tert-alkyl or cyclic N) is 1. The van der Waals surface area contributed by atoms with Crippen molar-refractivity contribution in [2.75, 3.05) is 13.7 Å². The highest BCUT2D eigenvalue weighted by molar-refractivity contribution is 5.82. The first-order chi connectivity index (χ1) is 10.0. The molecule has 1 aliphatic rings. The van der Waals surface area contributed by atoms with Gasteiger partial charge >= 0.3 is 12.1 Å². The summed E-state index contributed by atoms with van der Waals surface area (Å²) in [5, 5.41) is 9.86. The number of rotatable bonds is 3. The van der Waals surface area contributed by atoms with Crippen molar-refractivity contribution < 1.29 is 24.2 Å². The molecule has 6 heteroatoms. The summed E-state index contributed by atoms with van der Waals surface area (Å²) in [5.74, 6) is -0.933. The van der Waals surface area contributed by atoms with Crippen LogP contribution in [0.15, 0.2) is 30.3 Å². The maximum absolute atomic E-state index is 12.1. The van der Waals surface area contributed by atoms with Crippen LogP contribution in [0.5, 0.6) is 0 Å². The Morgan fingerprint density at radius 2 is 2.00 bits per heavy atom. The summed E-state index contributed by atoms with van der Waals surface area (Å²) in [4.78, 5) is 25.1. The number of benzene rings is 1. The van der Waals surface area contributed by atoms with E-state index < -0.39 is 24.2 Å². The van der Waals surface area contributed by atoms with Gasteiger partial charge in [-0.3, -0.25) is 4.90 Å². The monoisotopic (exact) mass is 293 g/mol. The summed E-state index contributed by atoms with van der Waals surface area (Å²) in [6.07, 6.45) is -1.39. The number of esters is 1. The summed E-state index contributed by atoms with van der Waals surface area (Å²) < 4.78 is 9.90. The van der Waals surface area contributed by atoms with Crippen LogP contribution in [0.2, 0.25) is 0 Å². The number of ether oxygens (including phenoxy) is 2. The quantitative estimate of drug-likeness (QED) is 0.847. The molecule has 21 heavy (non-hydrogen) atoms. The second-order valence-electron chi connectivity index (χ2n) is 5.09. The Bertz CT molecular complexity index is 504. The third kappa shape index (κ3) is 3.33. The van der Waals surface area contributed by atoms with Gasteiger partial charge in [0.2, 0.25) is 0 Å². The second kappa shape index (κ2) is 6.58. The van der Waals surface area contributed by atoms with Gasteiger partial charge in [-0.15, -0.1) is 0 Å². The highest BCUT2D eigenvalue weighted by Crippen LogP contribution is 2.26. The van der Waals surface area contributed by atoms with Gasteiger partial charge in [-0.05, 0) is 5.56 Å². The van der Waals surface area contributed by atoms with Gasteiger partial charge in [0.1, 0.15) is 12.6 Å². The fourth-order valence-corrected chi connectivity index (χ4v) is 2.43. The van der Waals surface area contributed by atoms with Crippen molar-refractivity contribution in [3.63, 3.8) is 0 Å². The predicted octanol–water partition coefficient (Wildman–Crippen LogP) is 1.18. The first kappa shape index (κ1) is 15.3. The molecule has 1 saturated heterocycles. The Hall–Kier alpha value is -2.08. The van der Waals surface area contributed by atoms with E-state index in [-0.39, 0.29) is 19.1 Å². The van der Waals surface area contributed by atoms with Crippen LogP contribution in [-0.2, 0) is 20.9 Å². The van der Waals surface area contributed by atoms with Crippen LogP contribution in [-0.4, -0.2) is 47.9 Å². The Kier molecular flexibility index (Phi) is 4.80. The van der Waals surface area contributed by atoms with E-state index in [0.29, 0.717) is 0 Å². The molecule has 1 amide bonds. The molecular formula is C15H19NO5. The van der Waals surface area contributed by atoms with Crippen LogP contribution < -0.4 is 0 Å². The summed E-state index contributed by atoms with van der Waals surface area (Å²) in [6, 6.07) is 8.44. The van der Waals surface area contributed by atoms with Crippen LogP contribution in [0.3, 0.4) is 0 Å². The smallest absolute Gasteiger partial charge is 0.410 e. The van der Waals surface area contributed by atoms with E-state index in [1.165, 1.54) is 12.0 Å². The minimum absolute atomic E-state index is 0.0640. The molecule has 1 heterocycles. The van der Waals surface area contributed by atoms with Crippen LogP contribution in [0.1, 0.15) is 12.5 Å². The Labute approximate surface area is 123 Å². The number of carbonyl (C=O) groups is 2. The highest BCUT2D eigenvalue weighted by Gasteiger charge is 2.46. The van der Waals surface area contributed by atoms with Crippen molar-refractivity contribution in [2.24, 2.45) is 5.92 Å². The maximum Gasteiger partial charge on any atom is 0.410 e. The zero-order valence-corrected chi connectivity index (χ0v) is 12.1. The molecule has 1 aliphatic heterocycles. The van der Waals surface area contributed by atoms with E-state index >= 15 is 0 Å². The van der Waals surface area contributed by atoms with Crippen molar-refractivity contribution in [3.05, 3.63) is 35.9 Å². The van der Waals surface area contributed by atoms with Gasteiger partial charge in [0.05, 0.1) is 19.8 Å². The number of methoxy groups -OCH3 is 1. The fraction of sp³-hybridized carbons (Fsp3) is 0.467. The number of nitrogens with zero attached hydrogens (tertiary/aromatic N) is 1. The Balaban J connectivity index is 2.01. The molecule has 0 bridgehead atoms. The molecule has 0 radical (unpaired) electrons. The molecule has 0 saturated carbocycles. The normalized spacial score (nSPS) is 24.7. The standard InChI is InChI=1S/C15H19NO5/c1-10-12(17)8-16(13(10)14(18)20-2)15(19)21-9-11-6-4-3-5-7-11/h3-7,10,12-13,17H,8-9H2,1-2H3/t10-,12+,13-/m0/s1. The minimum Gasteiger partial charge on any atom is -0.467 e. The van der Waals surface area contributed by atoms with E-state index in [2.05, 4.69) is 0 Å². The van der Waals surface area contributed by atoms with Crippen molar-refractivity contribution in [3.8, 4) is 0 Å². The average molecular weight is 293 g/mol. The Morgan fingerprint density at radius 1 is 1.33 bits per heavy atom. The molecule has 0 aromatic heterocycles. The highest BCUT2D eigenvalue weighted by atomic mass is 16.6. The largest absolute Gasteiger partial charge is 0.467 e. The van der Waals surface area contributed by atoms with Gasteiger partial charge in [-0.2, -0.15) is 0 Å². The van der Waals surface area contributed by atoms with E-state index in [1.807, 2.05) is 30.3 Å². The molecule has 3 atom stereocenters. The molecule has 114 valence electrons. The van der Waals surface area contributed by atoms with E-state index in [4.69, 9.17) is 9.47 Å². The summed E-state index contributed by atoms with van der Waals surface area (Å²) >= 11 is 0. The third-order valence-electron chi connectivity index (χ3n) is 3.71. The number of carbonyl (C=O) groups excluding carboxylic acids is 2. The second-order valence-corrected chi connectivity index (χ2v) is 5.09. The number of hydrogen-bond acceptors (Lipinski definition) is 5. The number of hydrogen-bond donors (Lipinski definition) is 1. The molecule has 1 aromatic rings. The molecule has 1 fully saturated rings. The van der Waals surface area contributed by atoms with Crippen molar-refractivity contribution >= 4 is 12.1 Å². The predicted molar refractivity (Wildman–Crippen MR) is 74.3 cm³/mol. The van der Waals surface area contributed by atoms with Crippen LogP contribution in [0, 0.1) is 5.92 Å². The van der Waals surface area contributed by atoms with Gasteiger partial charge in [0.15, 0.2) is 0 Å². The lowest BCUT2D eigenvalue weighted by Crippen LogP contribution is -2.43. The van der Waals surface area contributed by atoms with Crippen LogP contribution >= 0.6 is 0 Å². The van der Waals surface area contributed by atoms with Gasteiger partial charge in [-0.1, -0.05) is 37.3 Å². The lowest BCUT2D eigenvalue weighted by molar-refractivity contribution is -0.146. The van der Waals surface area contributed by atoms with Gasteiger partial charge < -0.3 is 14.6 Å². The van der Waals surface area contributed by atoms with Crippen LogP contribution in [0.4, 0.5) is 4.79 Å². The molecule has 6 nitrogen and oxygen atoms in total. The van der Waals surface area contributed by atoms with Gasteiger partial charge in [0, 0.05) is 5.92 Å².